The molecule has 0 spiro atoms. The van der Waals surface area contributed by atoms with Gasteiger partial charge in [0.1, 0.15) is 17.4 Å². The molecule has 214 valence electrons. The van der Waals surface area contributed by atoms with Crippen molar-refractivity contribution in [2.75, 3.05) is 13.1 Å². The summed E-state index contributed by atoms with van der Waals surface area (Å²) in [5.74, 6) is -2.99. The lowest BCUT2D eigenvalue weighted by molar-refractivity contribution is 0.0201. The zero-order valence-electron chi connectivity index (χ0n) is 22.1. The van der Waals surface area contributed by atoms with E-state index in [1.807, 2.05) is 30.5 Å². The molecule has 3 aliphatic rings. The smallest absolute Gasteiger partial charge is 0.262 e. The summed E-state index contributed by atoms with van der Waals surface area (Å²) in [6.45, 7) is 3.49. The first-order valence-corrected chi connectivity index (χ1v) is 13.7. The number of imidazole rings is 2. The van der Waals surface area contributed by atoms with E-state index in [-0.39, 0.29) is 25.9 Å². The van der Waals surface area contributed by atoms with E-state index in [0.717, 1.165) is 39.7 Å². The van der Waals surface area contributed by atoms with Crippen LogP contribution in [0, 0.1) is 0 Å². The average Bonchev–Trinajstić information content (AvgIpc) is 3.75. The zero-order chi connectivity index (χ0) is 28.4. The second kappa shape index (κ2) is 9.59. The number of hydrogen-bond donors (Lipinski definition) is 4. The van der Waals surface area contributed by atoms with E-state index in [9.17, 15) is 17.6 Å². The van der Waals surface area contributed by atoms with Crippen molar-refractivity contribution in [3.05, 3.63) is 70.8 Å². The average molecular weight is 568 g/mol. The van der Waals surface area contributed by atoms with Crippen LogP contribution in [0.3, 0.4) is 0 Å². The lowest BCUT2D eigenvalue weighted by atomic mass is 10.1. The maximum absolute atomic E-state index is 13.7. The summed E-state index contributed by atoms with van der Waals surface area (Å²) in [7, 11) is 0. The van der Waals surface area contributed by atoms with E-state index in [1.54, 1.807) is 12.4 Å². The molecule has 1 unspecified atom stereocenters. The van der Waals surface area contributed by atoms with Gasteiger partial charge in [-0.15, -0.1) is 0 Å². The molecular formula is C29H29F4N7O. The number of hydrogen-bond acceptors (Lipinski definition) is 5. The number of alkyl halides is 4. The van der Waals surface area contributed by atoms with Gasteiger partial charge in [-0.2, -0.15) is 0 Å². The Hall–Kier alpha value is -3.90. The minimum Gasteiger partial charge on any atom is -0.457 e. The fourth-order valence-corrected chi connectivity index (χ4v) is 5.90. The maximum Gasteiger partial charge on any atom is 0.262 e. The molecule has 4 aromatic rings. The Balaban J connectivity index is 1.08. The Kier molecular flexibility index (Phi) is 6.09. The molecule has 4 N–H and O–H groups in total. The molecule has 0 saturated carbocycles. The molecule has 0 aliphatic carbocycles. The van der Waals surface area contributed by atoms with Gasteiger partial charge >= 0.3 is 0 Å². The van der Waals surface area contributed by atoms with E-state index >= 15 is 0 Å². The number of ether oxygens (including phenoxy) is 1. The van der Waals surface area contributed by atoms with Gasteiger partial charge in [0.2, 0.25) is 0 Å². The minimum atomic E-state index is -2.74. The Labute approximate surface area is 232 Å². The van der Waals surface area contributed by atoms with E-state index in [0.29, 0.717) is 35.9 Å². The van der Waals surface area contributed by atoms with Crippen molar-refractivity contribution >= 4 is 12.3 Å². The number of halogens is 4. The predicted molar refractivity (Wildman–Crippen MR) is 144 cm³/mol. The van der Waals surface area contributed by atoms with Crippen molar-refractivity contribution in [1.82, 2.24) is 35.1 Å². The van der Waals surface area contributed by atoms with Gasteiger partial charge in [-0.25, -0.2) is 27.5 Å². The van der Waals surface area contributed by atoms with Crippen LogP contribution in [0.2, 0.25) is 0 Å². The summed E-state index contributed by atoms with van der Waals surface area (Å²) < 4.78 is 63.0. The number of fused-ring (bicyclic) bond motifs is 3. The minimum absolute atomic E-state index is 0.260. The summed E-state index contributed by atoms with van der Waals surface area (Å²) in [4.78, 5) is 15.1. The molecule has 2 saturated heterocycles. The summed E-state index contributed by atoms with van der Waals surface area (Å²) in [6.07, 6.45) is 6.81. The topological polar surface area (TPSA) is 95.6 Å². The molecule has 3 aliphatic heterocycles. The molecule has 0 amide bonds. The van der Waals surface area contributed by atoms with Crippen molar-refractivity contribution in [2.45, 2.75) is 56.0 Å². The Morgan fingerprint density at radius 1 is 0.927 bits per heavy atom. The number of aromatic nitrogens is 5. The normalized spacial score (nSPS) is 22.5. The summed E-state index contributed by atoms with van der Waals surface area (Å²) in [5, 5.41) is 7.41. The van der Waals surface area contributed by atoms with Crippen molar-refractivity contribution < 1.29 is 22.3 Å². The van der Waals surface area contributed by atoms with Crippen LogP contribution in [0.25, 0.3) is 29.3 Å². The maximum atomic E-state index is 13.7. The molecule has 6 heterocycles. The van der Waals surface area contributed by atoms with E-state index < -0.39 is 23.9 Å². The fraction of sp³-hybridized carbons (Fsp3) is 0.379. The Bertz CT molecular complexity index is 1720. The van der Waals surface area contributed by atoms with Crippen LogP contribution in [0.5, 0.6) is 5.75 Å². The van der Waals surface area contributed by atoms with Crippen molar-refractivity contribution in [3.63, 3.8) is 0 Å². The first-order valence-electron chi connectivity index (χ1n) is 13.7. The predicted octanol–water partition coefficient (Wildman–Crippen LogP) is 3.86. The van der Waals surface area contributed by atoms with Gasteiger partial charge in [-0.05, 0) is 36.3 Å². The van der Waals surface area contributed by atoms with Gasteiger partial charge < -0.3 is 29.9 Å². The van der Waals surface area contributed by atoms with Crippen LogP contribution >= 0.6 is 0 Å². The third-order valence-corrected chi connectivity index (χ3v) is 7.97. The molecule has 41 heavy (non-hydrogen) atoms. The van der Waals surface area contributed by atoms with Crippen molar-refractivity contribution in [3.8, 4) is 22.7 Å². The monoisotopic (exact) mass is 567 g/mol. The second-order valence-corrected chi connectivity index (χ2v) is 11.1. The first-order chi connectivity index (χ1) is 19.6. The number of H-pyrrole nitrogens is 2. The summed E-state index contributed by atoms with van der Waals surface area (Å²) in [5.41, 5.74) is 3.29. The zero-order valence-corrected chi connectivity index (χ0v) is 22.1. The van der Waals surface area contributed by atoms with Gasteiger partial charge in [-0.1, -0.05) is 12.6 Å². The molecule has 7 rings (SSSR count). The highest BCUT2D eigenvalue weighted by Crippen LogP contribution is 2.36. The third kappa shape index (κ3) is 4.95. The SMILES string of the molecule is C=c1ccn2c1=C(CCCc1cnc(C3CC(F)(F)CN3)[nH]1)Oc1cc(-c3cnc([C@@H]4CC(F)(F)CN4)[nH]3)ccc1-2. The quantitative estimate of drug-likeness (QED) is 0.255. The van der Waals surface area contributed by atoms with E-state index in [4.69, 9.17) is 4.74 Å². The number of nitrogens with zero attached hydrogens (tertiary/aromatic N) is 3. The highest BCUT2D eigenvalue weighted by atomic mass is 19.3. The highest BCUT2D eigenvalue weighted by molar-refractivity contribution is 5.68. The van der Waals surface area contributed by atoms with Crippen molar-refractivity contribution in [1.29, 1.82) is 0 Å². The molecule has 8 nitrogen and oxygen atoms in total. The molecule has 2 fully saturated rings. The lowest BCUT2D eigenvalue weighted by Crippen LogP contribution is -2.34. The molecule has 1 aromatic carbocycles. The van der Waals surface area contributed by atoms with Crippen LogP contribution in [0.4, 0.5) is 17.6 Å². The van der Waals surface area contributed by atoms with Crippen LogP contribution in [0.1, 0.15) is 55.1 Å². The van der Waals surface area contributed by atoms with Crippen LogP contribution in [0.15, 0.2) is 42.9 Å². The molecular weight excluding hydrogens is 538 g/mol. The van der Waals surface area contributed by atoms with Crippen LogP contribution in [-0.2, 0) is 6.42 Å². The number of benzene rings is 1. The van der Waals surface area contributed by atoms with Gasteiger partial charge in [0.15, 0.2) is 5.75 Å². The summed E-state index contributed by atoms with van der Waals surface area (Å²) in [6, 6.07) is 6.77. The molecule has 3 aromatic heterocycles. The molecule has 2 atom stereocenters. The van der Waals surface area contributed by atoms with Gasteiger partial charge in [0.05, 0.1) is 48.1 Å². The highest BCUT2D eigenvalue weighted by Gasteiger charge is 2.41. The van der Waals surface area contributed by atoms with Crippen LogP contribution < -0.4 is 25.9 Å². The van der Waals surface area contributed by atoms with Crippen molar-refractivity contribution in [2.24, 2.45) is 0 Å². The Morgan fingerprint density at radius 3 is 2.34 bits per heavy atom. The summed E-state index contributed by atoms with van der Waals surface area (Å²) >= 11 is 0. The molecule has 12 heteroatoms. The molecule has 0 radical (unpaired) electrons. The first kappa shape index (κ1) is 26.0. The number of nitrogens with one attached hydrogen (secondary N) is 4. The van der Waals surface area contributed by atoms with Crippen LogP contribution in [-0.4, -0.2) is 49.4 Å². The fourth-order valence-electron chi connectivity index (χ4n) is 5.90. The van der Waals surface area contributed by atoms with E-state index in [1.165, 1.54) is 0 Å². The van der Waals surface area contributed by atoms with Gasteiger partial charge in [0.25, 0.3) is 11.8 Å². The third-order valence-electron chi connectivity index (χ3n) is 7.97. The van der Waals surface area contributed by atoms with Gasteiger partial charge in [0, 0.05) is 42.9 Å². The van der Waals surface area contributed by atoms with E-state index in [2.05, 4.69) is 41.7 Å². The van der Waals surface area contributed by atoms with Gasteiger partial charge in [-0.3, -0.25) is 0 Å². The Morgan fingerprint density at radius 2 is 1.63 bits per heavy atom. The number of aromatic amines is 2. The standard InChI is InChI=1S/C29H29F4N7O/c1-16-7-8-40-22-6-5-17(21-13-35-27(39-21)20-11-29(32,33)15-37-20)9-24(22)41-23(25(16)40)4-2-3-18-12-34-26(38-18)19-10-28(30,31)14-36-19/h5-9,12-13,19-20,36-37H,1-4,10-11,14-15H2,(H,34,38)(H,35,39)/t19?,20-/m0/s1. The number of rotatable bonds is 7. The largest absolute Gasteiger partial charge is 0.457 e. The lowest BCUT2D eigenvalue weighted by Gasteiger charge is -2.21. The molecule has 0 bridgehead atoms. The number of aryl methyl sites for hydroxylation is 1. The second-order valence-electron chi connectivity index (χ2n) is 11.1.